The van der Waals surface area contributed by atoms with E-state index in [4.69, 9.17) is 15.9 Å². The molecule has 14 heavy (non-hydrogen) atoms. The molecule has 1 aromatic rings. The van der Waals surface area contributed by atoms with Crippen LogP contribution < -0.4 is 5.73 Å². The normalized spacial score (nSPS) is 12.4. The van der Waals surface area contributed by atoms with Gasteiger partial charge in [0, 0.05) is 18.7 Å². The molecule has 0 aliphatic rings. The first-order valence-corrected chi connectivity index (χ1v) is 4.21. The Morgan fingerprint density at radius 2 is 2.29 bits per heavy atom. The van der Waals surface area contributed by atoms with Crippen molar-refractivity contribution in [2.45, 2.75) is 18.9 Å². The number of aromatic hydroxyl groups is 1. The number of rotatable bonds is 4. The SMILES string of the molecule is NC(CCC(=O)O)c1cncc(O)c1. The van der Waals surface area contributed by atoms with Crippen molar-refractivity contribution in [3.63, 3.8) is 0 Å². The summed E-state index contributed by atoms with van der Waals surface area (Å²) in [6.45, 7) is 0. The van der Waals surface area contributed by atoms with Crippen LogP contribution in [-0.2, 0) is 4.79 Å². The molecule has 1 atom stereocenters. The molecule has 0 amide bonds. The highest BCUT2D eigenvalue weighted by Gasteiger charge is 2.09. The molecular weight excluding hydrogens is 184 g/mol. The number of carboxylic acids is 1. The zero-order valence-electron chi connectivity index (χ0n) is 7.55. The van der Waals surface area contributed by atoms with Crippen molar-refractivity contribution in [1.29, 1.82) is 0 Å². The van der Waals surface area contributed by atoms with Gasteiger partial charge in [-0.05, 0) is 18.1 Å². The zero-order chi connectivity index (χ0) is 10.6. The highest BCUT2D eigenvalue weighted by molar-refractivity contribution is 5.66. The van der Waals surface area contributed by atoms with Crippen molar-refractivity contribution in [2.75, 3.05) is 0 Å². The van der Waals surface area contributed by atoms with E-state index in [0.29, 0.717) is 12.0 Å². The minimum atomic E-state index is -0.881. The van der Waals surface area contributed by atoms with Gasteiger partial charge in [-0.25, -0.2) is 0 Å². The van der Waals surface area contributed by atoms with Crippen molar-refractivity contribution in [3.8, 4) is 5.75 Å². The Labute approximate surface area is 81.2 Å². The number of hydrogen-bond donors (Lipinski definition) is 3. The Hall–Kier alpha value is -1.62. The molecule has 0 aliphatic carbocycles. The fourth-order valence-electron chi connectivity index (χ4n) is 1.09. The van der Waals surface area contributed by atoms with Crippen LogP contribution in [0, 0.1) is 0 Å². The summed E-state index contributed by atoms with van der Waals surface area (Å²) in [5, 5.41) is 17.5. The summed E-state index contributed by atoms with van der Waals surface area (Å²) in [6.07, 6.45) is 3.16. The number of aromatic nitrogens is 1. The highest BCUT2D eigenvalue weighted by Crippen LogP contribution is 2.18. The van der Waals surface area contributed by atoms with Crippen LogP contribution in [0.5, 0.6) is 5.75 Å². The van der Waals surface area contributed by atoms with E-state index in [0.717, 1.165) is 0 Å². The van der Waals surface area contributed by atoms with Crippen LogP contribution in [0.4, 0.5) is 0 Å². The van der Waals surface area contributed by atoms with Crippen LogP contribution >= 0.6 is 0 Å². The van der Waals surface area contributed by atoms with Gasteiger partial charge in [-0.3, -0.25) is 9.78 Å². The molecule has 1 aromatic heterocycles. The third-order valence-electron chi connectivity index (χ3n) is 1.84. The quantitative estimate of drug-likeness (QED) is 0.657. The van der Waals surface area contributed by atoms with Gasteiger partial charge in [-0.2, -0.15) is 0 Å². The number of pyridine rings is 1. The van der Waals surface area contributed by atoms with Crippen LogP contribution in [-0.4, -0.2) is 21.2 Å². The molecule has 0 aliphatic heterocycles. The molecule has 5 nitrogen and oxygen atoms in total. The average Bonchev–Trinajstić information content (AvgIpc) is 2.14. The number of carbonyl (C=O) groups is 1. The predicted octanol–water partition coefficient (Wildman–Crippen LogP) is 0.652. The minimum absolute atomic E-state index is 0.0107. The molecule has 0 bridgehead atoms. The summed E-state index contributed by atoms with van der Waals surface area (Å²) in [5.41, 5.74) is 6.34. The monoisotopic (exact) mass is 196 g/mol. The number of nitrogens with zero attached hydrogens (tertiary/aromatic N) is 1. The summed E-state index contributed by atoms with van der Waals surface area (Å²) in [7, 11) is 0. The van der Waals surface area contributed by atoms with Gasteiger partial charge in [-0.1, -0.05) is 0 Å². The first-order valence-electron chi connectivity index (χ1n) is 4.21. The van der Waals surface area contributed by atoms with Crippen molar-refractivity contribution in [2.24, 2.45) is 5.73 Å². The zero-order valence-corrected chi connectivity index (χ0v) is 7.55. The third-order valence-corrected chi connectivity index (χ3v) is 1.84. The number of aliphatic carboxylic acids is 1. The molecule has 0 saturated heterocycles. The summed E-state index contributed by atoms with van der Waals surface area (Å²) < 4.78 is 0. The molecule has 0 fully saturated rings. The number of hydrogen-bond acceptors (Lipinski definition) is 4. The average molecular weight is 196 g/mol. The first-order chi connectivity index (χ1) is 6.59. The Balaban J connectivity index is 2.60. The molecule has 1 heterocycles. The van der Waals surface area contributed by atoms with Crippen LogP contribution in [0.25, 0.3) is 0 Å². The van der Waals surface area contributed by atoms with Crippen LogP contribution in [0.1, 0.15) is 24.4 Å². The Morgan fingerprint density at radius 1 is 1.57 bits per heavy atom. The van der Waals surface area contributed by atoms with Gasteiger partial charge in [0.2, 0.25) is 0 Å². The van der Waals surface area contributed by atoms with Gasteiger partial charge >= 0.3 is 5.97 Å². The second kappa shape index (κ2) is 4.57. The molecule has 1 rings (SSSR count). The topological polar surface area (TPSA) is 96.4 Å². The lowest BCUT2D eigenvalue weighted by Crippen LogP contribution is -2.12. The van der Waals surface area contributed by atoms with Crippen molar-refractivity contribution < 1.29 is 15.0 Å². The lowest BCUT2D eigenvalue weighted by Gasteiger charge is -2.09. The van der Waals surface area contributed by atoms with E-state index >= 15 is 0 Å². The molecule has 0 aromatic carbocycles. The van der Waals surface area contributed by atoms with Gasteiger partial charge in [-0.15, -0.1) is 0 Å². The number of carboxylic acid groups (broad SMARTS) is 1. The summed E-state index contributed by atoms with van der Waals surface area (Å²) >= 11 is 0. The van der Waals surface area contributed by atoms with E-state index < -0.39 is 12.0 Å². The van der Waals surface area contributed by atoms with Gasteiger partial charge in [0.05, 0.1) is 6.20 Å². The Morgan fingerprint density at radius 3 is 2.86 bits per heavy atom. The van der Waals surface area contributed by atoms with Gasteiger partial charge in [0.25, 0.3) is 0 Å². The molecule has 0 saturated carbocycles. The predicted molar refractivity (Wildman–Crippen MR) is 49.7 cm³/mol. The van der Waals surface area contributed by atoms with Crippen LogP contribution in [0.3, 0.4) is 0 Å². The van der Waals surface area contributed by atoms with Crippen molar-refractivity contribution >= 4 is 5.97 Å². The first kappa shape index (κ1) is 10.5. The smallest absolute Gasteiger partial charge is 0.303 e. The molecule has 76 valence electrons. The Bertz CT molecular complexity index is 328. The van der Waals surface area contributed by atoms with Crippen molar-refractivity contribution in [1.82, 2.24) is 4.98 Å². The fraction of sp³-hybridized carbons (Fsp3) is 0.333. The maximum absolute atomic E-state index is 10.3. The molecule has 1 unspecified atom stereocenters. The van der Waals surface area contributed by atoms with E-state index in [2.05, 4.69) is 4.98 Å². The fourth-order valence-corrected chi connectivity index (χ4v) is 1.09. The maximum atomic E-state index is 10.3. The summed E-state index contributed by atoms with van der Waals surface area (Å²) in [5.74, 6) is -0.846. The van der Waals surface area contributed by atoms with Crippen LogP contribution in [0.15, 0.2) is 18.5 Å². The highest BCUT2D eigenvalue weighted by atomic mass is 16.4. The summed E-state index contributed by atoms with van der Waals surface area (Å²) in [6, 6.07) is 1.09. The van der Waals surface area contributed by atoms with E-state index in [9.17, 15) is 4.79 Å². The van der Waals surface area contributed by atoms with E-state index in [1.165, 1.54) is 18.5 Å². The van der Waals surface area contributed by atoms with Crippen LogP contribution in [0.2, 0.25) is 0 Å². The van der Waals surface area contributed by atoms with E-state index in [1.54, 1.807) is 0 Å². The molecule has 5 heteroatoms. The minimum Gasteiger partial charge on any atom is -0.506 e. The maximum Gasteiger partial charge on any atom is 0.303 e. The number of nitrogens with two attached hydrogens (primary N) is 1. The van der Waals surface area contributed by atoms with Crippen molar-refractivity contribution in [3.05, 3.63) is 24.0 Å². The Kier molecular flexibility index (Phi) is 3.41. The molecule has 4 N–H and O–H groups in total. The van der Waals surface area contributed by atoms with E-state index in [1.807, 2.05) is 0 Å². The standard InChI is InChI=1S/C9H12N2O3/c10-8(1-2-9(13)14)6-3-7(12)5-11-4-6/h3-5,8,12H,1-2,10H2,(H,13,14). The van der Waals surface area contributed by atoms with Gasteiger partial charge in [0.1, 0.15) is 5.75 Å². The van der Waals surface area contributed by atoms with Gasteiger partial charge in [0.15, 0.2) is 0 Å². The largest absolute Gasteiger partial charge is 0.506 e. The second-order valence-electron chi connectivity index (χ2n) is 3.02. The van der Waals surface area contributed by atoms with E-state index in [-0.39, 0.29) is 12.2 Å². The lowest BCUT2D eigenvalue weighted by atomic mass is 10.1. The molecular formula is C9H12N2O3. The molecule has 0 radical (unpaired) electrons. The summed E-state index contributed by atoms with van der Waals surface area (Å²) in [4.78, 5) is 14.0. The molecule has 0 spiro atoms. The van der Waals surface area contributed by atoms with Gasteiger partial charge < -0.3 is 15.9 Å². The second-order valence-corrected chi connectivity index (χ2v) is 3.02. The third kappa shape index (κ3) is 3.02. The lowest BCUT2D eigenvalue weighted by molar-refractivity contribution is -0.137.